The molecule has 0 spiro atoms. The van der Waals surface area contributed by atoms with Gasteiger partial charge < -0.3 is 10.1 Å². The maximum absolute atomic E-state index is 12.8. The van der Waals surface area contributed by atoms with Gasteiger partial charge in [-0.25, -0.2) is 8.42 Å². The Bertz CT molecular complexity index is 976. The van der Waals surface area contributed by atoms with Crippen LogP contribution in [0.15, 0.2) is 41.3 Å². The van der Waals surface area contributed by atoms with Crippen LogP contribution in [-0.4, -0.2) is 21.4 Å². The number of amides is 1. The van der Waals surface area contributed by atoms with Gasteiger partial charge in [-0.3, -0.25) is 9.52 Å². The van der Waals surface area contributed by atoms with Crippen molar-refractivity contribution in [1.82, 2.24) is 0 Å². The Morgan fingerprint density at radius 3 is 2.50 bits per heavy atom. The minimum absolute atomic E-state index is 0.107. The van der Waals surface area contributed by atoms with E-state index in [4.69, 9.17) is 4.74 Å². The van der Waals surface area contributed by atoms with E-state index in [9.17, 15) is 13.2 Å². The van der Waals surface area contributed by atoms with Crippen LogP contribution in [0.25, 0.3) is 0 Å². The van der Waals surface area contributed by atoms with Gasteiger partial charge in [0.25, 0.3) is 10.0 Å². The Labute approximate surface area is 153 Å². The molecule has 0 atom stereocenters. The third-order valence-corrected chi connectivity index (χ3v) is 5.69. The van der Waals surface area contributed by atoms with Crippen molar-refractivity contribution in [1.29, 1.82) is 0 Å². The predicted octanol–water partition coefficient (Wildman–Crippen LogP) is 3.29. The smallest absolute Gasteiger partial charge is 0.262 e. The standard InChI is InChI=1S/C19H22N2O4S/c1-19(2,3)13-5-8-17(25-4)16(11-13)21-26(23,24)14-6-7-15-12(9-14)10-18(22)20-15/h5-9,11,21H,10H2,1-4H3,(H,20,22). The Kier molecular flexibility index (Phi) is 4.44. The molecule has 26 heavy (non-hydrogen) atoms. The summed E-state index contributed by atoms with van der Waals surface area (Å²) >= 11 is 0. The zero-order valence-corrected chi connectivity index (χ0v) is 16.0. The maximum atomic E-state index is 12.8. The van der Waals surface area contributed by atoms with Crippen LogP contribution in [0.3, 0.4) is 0 Å². The van der Waals surface area contributed by atoms with Gasteiger partial charge in [-0.2, -0.15) is 0 Å². The van der Waals surface area contributed by atoms with E-state index in [2.05, 4.69) is 30.8 Å². The molecule has 0 radical (unpaired) electrons. The third-order valence-electron chi connectivity index (χ3n) is 4.32. The van der Waals surface area contributed by atoms with E-state index in [1.54, 1.807) is 18.2 Å². The van der Waals surface area contributed by atoms with Crippen LogP contribution in [0.5, 0.6) is 5.75 Å². The van der Waals surface area contributed by atoms with Crippen molar-refractivity contribution in [3.63, 3.8) is 0 Å². The molecule has 0 fully saturated rings. The highest BCUT2D eigenvalue weighted by Gasteiger charge is 2.23. The lowest BCUT2D eigenvalue weighted by Crippen LogP contribution is -2.16. The van der Waals surface area contributed by atoms with E-state index in [0.717, 1.165) is 5.56 Å². The lowest BCUT2D eigenvalue weighted by atomic mass is 9.87. The fraction of sp³-hybridized carbons (Fsp3) is 0.316. The zero-order chi connectivity index (χ0) is 19.1. The summed E-state index contributed by atoms with van der Waals surface area (Å²) in [5, 5.41) is 2.69. The molecule has 0 saturated heterocycles. The van der Waals surface area contributed by atoms with E-state index in [0.29, 0.717) is 22.7 Å². The number of hydrogen-bond acceptors (Lipinski definition) is 4. The molecule has 2 N–H and O–H groups in total. The number of anilines is 2. The van der Waals surface area contributed by atoms with Gasteiger partial charge in [-0.1, -0.05) is 26.8 Å². The van der Waals surface area contributed by atoms with Crippen molar-refractivity contribution in [2.45, 2.75) is 37.5 Å². The highest BCUT2D eigenvalue weighted by atomic mass is 32.2. The molecule has 0 unspecified atom stereocenters. The number of nitrogens with one attached hydrogen (secondary N) is 2. The molecule has 1 amide bonds. The summed E-state index contributed by atoms with van der Waals surface area (Å²) < 4.78 is 33.6. The topological polar surface area (TPSA) is 84.5 Å². The van der Waals surface area contributed by atoms with Crippen LogP contribution in [0.1, 0.15) is 31.9 Å². The van der Waals surface area contributed by atoms with Crippen LogP contribution >= 0.6 is 0 Å². The van der Waals surface area contributed by atoms with Gasteiger partial charge in [0.2, 0.25) is 5.91 Å². The number of sulfonamides is 1. The van der Waals surface area contributed by atoms with Crippen LogP contribution in [0, 0.1) is 0 Å². The average Bonchev–Trinajstić information content (AvgIpc) is 2.92. The summed E-state index contributed by atoms with van der Waals surface area (Å²) in [6, 6.07) is 10.1. The molecule has 6 nitrogen and oxygen atoms in total. The zero-order valence-electron chi connectivity index (χ0n) is 15.2. The largest absolute Gasteiger partial charge is 0.495 e. The normalized spacial score (nSPS) is 13.9. The number of benzene rings is 2. The SMILES string of the molecule is COc1ccc(C(C)(C)C)cc1NS(=O)(=O)c1ccc2c(c1)CC(=O)N2. The van der Waals surface area contributed by atoms with Gasteiger partial charge in [-0.15, -0.1) is 0 Å². The number of methoxy groups -OCH3 is 1. The van der Waals surface area contributed by atoms with Gasteiger partial charge >= 0.3 is 0 Å². The second kappa shape index (κ2) is 6.32. The third kappa shape index (κ3) is 3.53. The number of carbonyl (C=O) groups is 1. The number of rotatable bonds is 4. The van der Waals surface area contributed by atoms with Gasteiger partial charge in [0.1, 0.15) is 5.75 Å². The number of fused-ring (bicyclic) bond motifs is 1. The molecule has 7 heteroatoms. The first kappa shape index (κ1) is 18.3. The molecule has 138 valence electrons. The van der Waals surface area contributed by atoms with Gasteiger partial charge in [-0.05, 0) is 46.9 Å². The summed E-state index contributed by atoms with van der Waals surface area (Å²) in [7, 11) is -2.32. The minimum Gasteiger partial charge on any atom is -0.495 e. The van der Waals surface area contributed by atoms with Crippen molar-refractivity contribution in [2.24, 2.45) is 0 Å². The number of hydrogen-bond donors (Lipinski definition) is 2. The first-order valence-corrected chi connectivity index (χ1v) is 9.72. The van der Waals surface area contributed by atoms with E-state index in [-0.39, 0.29) is 22.6 Å². The Morgan fingerprint density at radius 1 is 1.12 bits per heavy atom. The first-order chi connectivity index (χ1) is 12.1. The Hall–Kier alpha value is -2.54. The van der Waals surface area contributed by atoms with E-state index in [1.165, 1.54) is 19.2 Å². The lowest BCUT2D eigenvalue weighted by Gasteiger charge is -2.21. The summed E-state index contributed by atoms with van der Waals surface area (Å²) in [4.78, 5) is 11.6. The number of ether oxygens (including phenoxy) is 1. The monoisotopic (exact) mass is 374 g/mol. The van der Waals surface area contributed by atoms with Gasteiger partial charge in [0.05, 0.1) is 24.1 Å². The average molecular weight is 374 g/mol. The molecule has 2 aromatic rings. The predicted molar refractivity (Wildman–Crippen MR) is 101 cm³/mol. The second-order valence-electron chi connectivity index (χ2n) is 7.31. The van der Waals surface area contributed by atoms with Crippen molar-refractivity contribution in [3.8, 4) is 5.75 Å². The van der Waals surface area contributed by atoms with Crippen LogP contribution in [0.4, 0.5) is 11.4 Å². The van der Waals surface area contributed by atoms with Crippen molar-refractivity contribution < 1.29 is 17.9 Å². The summed E-state index contributed by atoms with van der Waals surface area (Å²) in [6.45, 7) is 6.16. The molecule has 2 aromatic carbocycles. The summed E-state index contributed by atoms with van der Waals surface area (Å²) in [5.41, 5.74) is 2.57. The van der Waals surface area contributed by atoms with Crippen molar-refractivity contribution >= 4 is 27.3 Å². The van der Waals surface area contributed by atoms with Crippen molar-refractivity contribution in [3.05, 3.63) is 47.5 Å². The molecule has 0 saturated carbocycles. The van der Waals surface area contributed by atoms with E-state index >= 15 is 0 Å². The highest BCUT2D eigenvalue weighted by molar-refractivity contribution is 7.92. The fourth-order valence-corrected chi connectivity index (χ4v) is 3.94. The first-order valence-electron chi connectivity index (χ1n) is 8.24. The van der Waals surface area contributed by atoms with Gasteiger partial charge in [0.15, 0.2) is 0 Å². The van der Waals surface area contributed by atoms with Crippen molar-refractivity contribution in [2.75, 3.05) is 17.1 Å². The lowest BCUT2D eigenvalue weighted by molar-refractivity contribution is -0.115. The molecule has 1 aliphatic heterocycles. The van der Waals surface area contributed by atoms with E-state index in [1.807, 2.05) is 6.07 Å². The molecule has 0 bridgehead atoms. The molecular weight excluding hydrogens is 352 g/mol. The summed E-state index contributed by atoms with van der Waals surface area (Å²) in [5.74, 6) is 0.307. The maximum Gasteiger partial charge on any atom is 0.262 e. The Balaban J connectivity index is 1.97. The van der Waals surface area contributed by atoms with Crippen LogP contribution < -0.4 is 14.8 Å². The molecule has 3 rings (SSSR count). The molecule has 1 aliphatic rings. The molecule has 0 aliphatic carbocycles. The fourth-order valence-electron chi connectivity index (χ4n) is 2.83. The quantitative estimate of drug-likeness (QED) is 0.860. The molecule has 0 aromatic heterocycles. The second-order valence-corrected chi connectivity index (χ2v) is 9.00. The molecule has 1 heterocycles. The summed E-state index contributed by atoms with van der Waals surface area (Å²) in [6.07, 6.45) is 0.182. The number of carbonyl (C=O) groups excluding carboxylic acids is 1. The molecular formula is C19H22N2O4S. The minimum atomic E-state index is -3.82. The highest BCUT2D eigenvalue weighted by Crippen LogP contribution is 2.33. The van der Waals surface area contributed by atoms with Gasteiger partial charge in [0, 0.05) is 5.69 Å². The van der Waals surface area contributed by atoms with E-state index < -0.39 is 10.0 Å². The van der Waals surface area contributed by atoms with Crippen LogP contribution in [0.2, 0.25) is 0 Å². The Morgan fingerprint density at radius 2 is 1.85 bits per heavy atom. The van der Waals surface area contributed by atoms with Crippen LogP contribution in [-0.2, 0) is 26.7 Å².